The highest BCUT2D eigenvalue weighted by Crippen LogP contribution is 2.41. The monoisotopic (exact) mass is 503 g/mol. The molecule has 1 N–H and O–H groups in total. The lowest BCUT2D eigenvalue weighted by atomic mass is 9.97. The second-order valence-electron chi connectivity index (χ2n) is 8.41. The van der Waals surface area contributed by atoms with Gasteiger partial charge >= 0.3 is 6.16 Å². The molecule has 1 aliphatic heterocycles. The van der Waals surface area contributed by atoms with Gasteiger partial charge in [0.2, 0.25) is 12.5 Å². The number of hydrogen-bond acceptors (Lipinski definition) is 7. The Bertz CT molecular complexity index is 1570. The number of rotatable bonds is 7. The van der Waals surface area contributed by atoms with E-state index in [4.69, 9.17) is 23.7 Å². The first-order chi connectivity index (χ1) is 17.9. The van der Waals surface area contributed by atoms with Gasteiger partial charge in [-0.3, -0.25) is 4.79 Å². The Balaban J connectivity index is 1.82. The van der Waals surface area contributed by atoms with E-state index in [0.717, 1.165) is 12.0 Å². The summed E-state index contributed by atoms with van der Waals surface area (Å²) in [6.45, 7) is 2.20. The van der Waals surface area contributed by atoms with Gasteiger partial charge in [0, 0.05) is 16.5 Å². The number of pyridine rings is 1. The average Bonchev–Trinajstić information content (AvgIpc) is 3.38. The standard InChI is InChI=1S/C28H25NO8/c1-4-16-5-8-21-20(11-16)25(17-6-9-23-24(13-17)36-15-35-23)26(37-28(31)32)27(30)29(21)14-18-12-19(33-2)7-10-22(18)34-3/h5-13H,4,14-15H2,1-3H3,(H,31,32). The molecular formula is C28H25NO8. The summed E-state index contributed by atoms with van der Waals surface area (Å²) in [6, 6.07) is 16.3. The topological polar surface area (TPSA) is 105 Å². The lowest BCUT2D eigenvalue weighted by Gasteiger charge is -2.19. The van der Waals surface area contributed by atoms with Gasteiger partial charge in [-0.2, -0.15) is 0 Å². The summed E-state index contributed by atoms with van der Waals surface area (Å²) in [7, 11) is 3.10. The van der Waals surface area contributed by atoms with E-state index in [1.807, 2.05) is 25.1 Å². The number of carboxylic acid groups (broad SMARTS) is 1. The molecule has 4 aromatic rings. The van der Waals surface area contributed by atoms with Gasteiger partial charge in [-0.05, 0) is 60.0 Å². The molecule has 0 unspecified atom stereocenters. The van der Waals surface area contributed by atoms with Crippen molar-refractivity contribution in [1.82, 2.24) is 4.57 Å². The maximum Gasteiger partial charge on any atom is 0.511 e. The summed E-state index contributed by atoms with van der Waals surface area (Å²) < 4.78 is 28.5. The van der Waals surface area contributed by atoms with Gasteiger partial charge in [-0.25, -0.2) is 4.79 Å². The van der Waals surface area contributed by atoms with Crippen LogP contribution in [0.1, 0.15) is 18.1 Å². The average molecular weight is 504 g/mol. The van der Waals surface area contributed by atoms with Crippen molar-refractivity contribution in [3.63, 3.8) is 0 Å². The normalized spacial score (nSPS) is 12.0. The zero-order valence-electron chi connectivity index (χ0n) is 20.6. The van der Waals surface area contributed by atoms with Crippen LogP contribution in [-0.4, -0.2) is 36.8 Å². The number of aryl methyl sites for hydroxylation is 1. The van der Waals surface area contributed by atoms with E-state index in [-0.39, 0.29) is 19.1 Å². The zero-order valence-corrected chi connectivity index (χ0v) is 20.6. The first kappa shape index (κ1) is 24.1. The van der Waals surface area contributed by atoms with Crippen molar-refractivity contribution in [1.29, 1.82) is 0 Å². The first-order valence-corrected chi connectivity index (χ1v) is 11.6. The third kappa shape index (κ3) is 4.40. The third-order valence-corrected chi connectivity index (χ3v) is 6.36. The van der Waals surface area contributed by atoms with Crippen molar-refractivity contribution in [3.8, 4) is 39.9 Å². The SMILES string of the molecule is CCc1ccc2c(c1)c(-c1ccc3c(c1)OCO3)c(OC(=O)O)c(=O)n2Cc1cc(OC)ccc1OC. The van der Waals surface area contributed by atoms with Crippen LogP contribution in [0.25, 0.3) is 22.0 Å². The van der Waals surface area contributed by atoms with Gasteiger partial charge < -0.3 is 33.4 Å². The Labute approximate surface area is 212 Å². The van der Waals surface area contributed by atoms with Gasteiger partial charge in [-0.1, -0.05) is 19.1 Å². The van der Waals surface area contributed by atoms with Crippen molar-refractivity contribution in [2.24, 2.45) is 0 Å². The van der Waals surface area contributed by atoms with E-state index in [0.29, 0.717) is 50.6 Å². The first-order valence-electron chi connectivity index (χ1n) is 11.6. The van der Waals surface area contributed by atoms with Crippen LogP contribution >= 0.6 is 0 Å². The number of fused-ring (bicyclic) bond motifs is 2. The van der Waals surface area contributed by atoms with E-state index in [2.05, 4.69) is 0 Å². The number of benzene rings is 3. The predicted molar refractivity (Wildman–Crippen MR) is 136 cm³/mol. The highest BCUT2D eigenvalue weighted by atomic mass is 16.7. The minimum Gasteiger partial charge on any atom is -0.497 e. The van der Waals surface area contributed by atoms with Crippen LogP contribution in [0, 0.1) is 0 Å². The van der Waals surface area contributed by atoms with Crippen LogP contribution in [0.15, 0.2) is 59.4 Å². The molecule has 0 bridgehead atoms. The van der Waals surface area contributed by atoms with Crippen LogP contribution in [-0.2, 0) is 13.0 Å². The number of carbonyl (C=O) groups is 1. The fraction of sp³-hybridized carbons (Fsp3) is 0.214. The highest BCUT2D eigenvalue weighted by Gasteiger charge is 2.25. The quantitative estimate of drug-likeness (QED) is 0.348. The number of ether oxygens (including phenoxy) is 5. The van der Waals surface area contributed by atoms with Crippen LogP contribution in [0.4, 0.5) is 4.79 Å². The molecule has 1 aliphatic rings. The fourth-order valence-corrected chi connectivity index (χ4v) is 4.55. The molecule has 2 heterocycles. The van der Waals surface area contributed by atoms with Crippen molar-refractivity contribution >= 4 is 17.1 Å². The fourth-order valence-electron chi connectivity index (χ4n) is 4.55. The van der Waals surface area contributed by atoms with Gasteiger partial charge in [-0.15, -0.1) is 0 Å². The smallest absolute Gasteiger partial charge is 0.497 e. The molecule has 0 spiro atoms. The minimum absolute atomic E-state index is 0.0853. The van der Waals surface area contributed by atoms with Crippen LogP contribution < -0.4 is 29.2 Å². The highest BCUT2D eigenvalue weighted by molar-refractivity contribution is 5.99. The second kappa shape index (κ2) is 9.77. The molecule has 5 rings (SSSR count). The van der Waals surface area contributed by atoms with E-state index in [1.165, 1.54) is 4.57 Å². The van der Waals surface area contributed by atoms with Crippen LogP contribution in [0.3, 0.4) is 0 Å². The second-order valence-corrected chi connectivity index (χ2v) is 8.41. The van der Waals surface area contributed by atoms with Gasteiger partial charge in [0.05, 0.1) is 26.3 Å². The van der Waals surface area contributed by atoms with E-state index < -0.39 is 11.7 Å². The number of hydrogen-bond donors (Lipinski definition) is 1. The van der Waals surface area contributed by atoms with Crippen molar-refractivity contribution in [2.45, 2.75) is 19.9 Å². The molecule has 9 heteroatoms. The lowest BCUT2D eigenvalue weighted by Crippen LogP contribution is -2.25. The number of nitrogens with zero attached hydrogens (tertiary/aromatic N) is 1. The number of aromatic nitrogens is 1. The summed E-state index contributed by atoms with van der Waals surface area (Å²) >= 11 is 0. The Morgan fingerprint density at radius 3 is 2.54 bits per heavy atom. The van der Waals surface area contributed by atoms with Gasteiger partial charge in [0.15, 0.2) is 11.5 Å². The molecule has 3 aromatic carbocycles. The molecule has 0 aliphatic carbocycles. The summed E-state index contributed by atoms with van der Waals surface area (Å²) in [5.74, 6) is 1.94. The molecule has 0 atom stereocenters. The Kier molecular flexibility index (Phi) is 6.35. The van der Waals surface area contributed by atoms with Crippen LogP contribution in [0.2, 0.25) is 0 Å². The maximum atomic E-state index is 13.9. The Hall–Kier alpha value is -4.66. The molecule has 0 radical (unpaired) electrons. The summed E-state index contributed by atoms with van der Waals surface area (Å²) in [5.41, 5.74) is 2.64. The third-order valence-electron chi connectivity index (χ3n) is 6.36. The molecule has 0 fully saturated rings. The van der Waals surface area contributed by atoms with E-state index >= 15 is 0 Å². The van der Waals surface area contributed by atoms with Crippen molar-refractivity contribution < 1.29 is 33.6 Å². The summed E-state index contributed by atoms with van der Waals surface area (Å²) in [5, 5.41) is 10.2. The van der Waals surface area contributed by atoms with Crippen LogP contribution in [0.5, 0.6) is 28.7 Å². The molecule has 0 saturated heterocycles. The molecule has 37 heavy (non-hydrogen) atoms. The maximum absolute atomic E-state index is 13.9. The lowest BCUT2D eigenvalue weighted by molar-refractivity contribution is 0.144. The van der Waals surface area contributed by atoms with E-state index in [9.17, 15) is 14.7 Å². The summed E-state index contributed by atoms with van der Waals surface area (Å²) in [6.07, 6.45) is -0.843. The zero-order chi connectivity index (χ0) is 26.1. The largest absolute Gasteiger partial charge is 0.511 e. The molecule has 0 saturated carbocycles. The molecule has 1 aromatic heterocycles. The van der Waals surface area contributed by atoms with Crippen molar-refractivity contribution in [3.05, 3.63) is 76.1 Å². The molecule has 190 valence electrons. The Morgan fingerprint density at radius 2 is 1.81 bits per heavy atom. The molecule has 9 nitrogen and oxygen atoms in total. The van der Waals surface area contributed by atoms with Crippen molar-refractivity contribution in [2.75, 3.05) is 21.0 Å². The van der Waals surface area contributed by atoms with Gasteiger partial charge in [0.25, 0.3) is 5.56 Å². The Morgan fingerprint density at radius 1 is 1.00 bits per heavy atom. The molecular weight excluding hydrogens is 478 g/mol. The minimum atomic E-state index is -1.59. The number of methoxy groups -OCH3 is 2. The van der Waals surface area contributed by atoms with Gasteiger partial charge in [0.1, 0.15) is 11.5 Å². The van der Waals surface area contributed by atoms with E-state index in [1.54, 1.807) is 50.6 Å². The summed E-state index contributed by atoms with van der Waals surface area (Å²) in [4.78, 5) is 25.7. The molecule has 0 amide bonds. The predicted octanol–water partition coefficient (Wildman–Crippen LogP) is 5.08.